The zero-order valence-electron chi connectivity index (χ0n) is 15.7. The Morgan fingerprint density at radius 3 is 2.21 bits per heavy atom. The molecule has 0 bridgehead atoms. The number of amides is 1. The van der Waals surface area contributed by atoms with E-state index in [0.29, 0.717) is 17.0 Å². The minimum atomic E-state index is -0.470. The molecule has 0 heterocycles. The molecule has 0 atom stereocenters. The molecular formula is C22H19N3O4. The Morgan fingerprint density at radius 2 is 1.59 bits per heavy atom. The van der Waals surface area contributed by atoms with Crippen molar-refractivity contribution in [1.82, 2.24) is 5.43 Å². The van der Waals surface area contributed by atoms with Gasteiger partial charge in [0.15, 0.2) is 6.61 Å². The van der Waals surface area contributed by atoms with Crippen molar-refractivity contribution in [3.05, 3.63) is 94.5 Å². The predicted molar refractivity (Wildman–Crippen MR) is 111 cm³/mol. The molecule has 0 saturated carbocycles. The van der Waals surface area contributed by atoms with Gasteiger partial charge in [-0.1, -0.05) is 42.5 Å². The Bertz CT molecular complexity index is 1010. The van der Waals surface area contributed by atoms with Crippen LogP contribution < -0.4 is 10.2 Å². The fourth-order valence-electron chi connectivity index (χ4n) is 2.59. The highest BCUT2D eigenvalue weighted by Crippen LogP contribution is 2.22. The SMILES string of the molecule is C/C(=N/NC(=O)COc1ccc(-c2ccccc2)cc1)c1ccc([N+](=O)[O-])cc1. The molecule has 0 aliphatic rings. The van der Waals surface area contributed by atoms with E-state index in [1.807, 2.05) is 42.5 Å². The molecule has 0 aliphatic carbocycles. The topological polar surface area (TPSA) is 93.8 Å². The fraction of sp³-hybridized carbons (Fsp3) is 0.0909. The molecule has 1 amide bonds. The lowest BCUT2D eigenvalue weighted by Crippen LogP contribution is -2.25. The van der Waals surface area contributed by atoms with E-state index in [0.717, 1.165) is 11.1 Å². The summed E-state index contributed by atoms with van der Waals surface area (Å²) in [5.74, 6) is 0.175. The van der Waals surface area contributed by atoms with E-state index < -0.39 is 10.8 Å². The van der Waals surface area contributed by atoms with Gasteiger partial charge in [0.05, 0.1) is 10.6 Å². The maximum absolute atomic E-state index is 12.0. The van der Waals surface area contributed by atoms with Gasteiger partial charge in [-0.05, 0) is 47.9 Å². The van der Waals surface area contributed by atoms with Crippen molar-refractivity contribution >= 4 is 17.3 Å². The van der Waals surface area contributed by atoms with Crippen molar-refractivity contribution in [2.75, 3.05) is 6.61 Å². The Hall–Kier alpha value is -4.00. The number of nitrogens with zero attached hydrogens (tertiary/aromatic N) is 2. The molecule has 0 radical (unpaired) electrons. The number of nitro benzene ring substituents is 1. The molecule has 0 aliphatic heterocycles. The average Bonchev–Trinajstić information content (AvgIpc) is 2.77. The molecule has 3 aromatic rings. The minimum absolute atomic E-state index is 0.00253. The molecule has 7 nitrogen and oxygen atoms in total. The molecule has 1 N–H and O–H groups in total. The minimum Gasteiger partial charge on any atom is -0.484 e. The highest BCUT2D eigenvalue weighted by Gasteiger charge is 2.07. The van der Waals surface area contributed by atoms with Crippen LogP contribution >= 0.6 is 0 Å². The van der Waals surface area contributed by atoms with Gasteiger partial charge in [0.1, 0.15) is 5.75 Å². The number of hydrazone groups is 1. The van der Waals surface area contributed by atoms with E-state index >= 15 is 0 Å². The second-order valence-electron chi connectivity index (χ2n) is 6.22. The first-order valence-electron chi connectivity index (χ1n) is 8.89. The first kappa shape index (κ1) is 19.8. The molecule has 3 aromatic carbocycles. The molecule has 0 unspecified atom stereocenters. The maximum atomic E-state index is 12.0. The second kappa shape index (κ2) is 9.27. The Morgan fingerprint density at radius 1 is 0.966 bits per heavy atom. The standard InChI is InChI=1S/C22H19N3O4/c1-16(17-7-11-20(12-8-17)25(27)28)23-24-22(26)15-29-21-13-9-19(10-14-21)18-5-3-2-4-6-18/h2-14H,15H2,1H3,(H,24,26)/b23-16-. The van der Waals surface area contributed by atoms with Gasteiger partial charge in [-0.3, -0.25) is 14.9 Å². The molecular weight excluding hydrogens is 370 g/mol. The highest BCUT2D eigenvalue weighted by molar-refractivity contribution is 5.99. The fourth-order valence-corrected chi connectivity index (χ4v) is 2.59. The van der Waals surface area contributed by atoms with Gasteiger partial charge in [0.25, 0.3) is 11.6 Å². The molecule has 0 fully saturated rings. The van der Waals surface area contributed by atoms with Crippen LogP contribution in [-0.2, 0) is 4.79 Å². The van der Waals surface area contributed by atoms with Crippen molar-refractivity contribution in [3.63, 3.8) is 0 Å². The number of hydrogen-bond donors (Lipinski definition) is 1. The third-order valence-corrected chi connectivity index (χ3v) is 4.18. The molecule has 0 spiro atoms. The number of hydrogen-bond acceptors (Lipinski definition) is 5. The highest BCUT2D eigenvalue weighted by atomic mass is 16.6. The molecule has 29 heavy (non-hydrogen) atoms. The summed E-state index contributed by atoms with van der Waals surface area (Å²) in [5, 5.41) is 14.7. The lowest BCUT2D eigenvalue weighted by atomic mass is 10.1. The summed E-state index contributed by atoms with van der Waals surface area (Å²) in [6.07, 6.45) is 0. The van der Waals surface area contributed by atoms with Gasteiger partial charge in [-0.15, -0.1) is 0 Å². The first-order chi connectivity index (χ1) is 14.0. The van der Waals surface area contributed by atoms with E-state index in [4.69, 9.17) is 4.74 Å². The lowest BCUT2D eigenvalue weighted by molar-refractivity contribution is -0.384. The summed E-state index contributed by atoms with van der Waals surface area (Å²) in [6, 6.07) is 23.4. The average molecular weight is 389 g/mol. The van der Waals surface area contributed by atoms with Gasteiger partial charge in [0, 0.05) is 12.1 Å². The van der Waals surface area contributed by atoms with E-state index in [1.54, 1.807) is 31.2 Å². The molecule has 3 rings (SSSR count). The second-order valence-corrected chi connectivity index (χ2v) is 6.22. The van der Waals surface area contributed by atoms with E-state index in [1.165, 1.54) is 12.1 Å². The number of ether oxygens (including phenoxy) is 1. The van der Waals surface area contributed by atoms with Crippen LogP contribution in [0, 0.1) is 10.1 Å². The van der Waals surface area contributed by atoms with Crippen LogP contribution in [0.25, 0.3) is 11.1 Å². The summed E-state index contributed by atoms with van der Waals surface area (Å²) in [4.78, 5) is 22.2. The number of nitro groups is 1. The molecule has 7 heteroatoms. The van der Waals surface area contributed by atoms with Crippen LogP contribution in [0.4, 0.5) is 5.69 Å². The van der Waals surface area contributed by atoms with Crippen LogP contribution in [0.3, 0.4) is 0 Å². The first-order valence-corrected chi connectivity index (χ1v) is 8.89. The number of carbonyl (C=O) groups excluding carboxylic acids is 1. The molecule has 0 aromatic heterocycles. The third kappa shape index (κ3) is 5.49. The van der Waals surface area contributed by atoms with Crippen molar-refractivity contribution in [1.29, 1.82) is 0 Å². The zero-order valence-corrected chi connectivity index (χ0v) is 15.7. The van der Waals surface area contributed by atoms with E-state index in [9.17, 15) is 14.9 Å². The molecule has 146 valence electrons. The number of benzene rings is 3. The largest absolute Gasteiger partial charge is 0.484 e. The van der Waals surface area contributed by atoms with Gasteiger partial charge in [-0.25, -0.2) is 5.43 Å². The summed E-state index contributed by atoms with van der Waals surface area (Å²) in [5.41, 5.74) is 5.78. The molecule has 0 saturated heterocycles. The van der Waals surface area contributed by atoms with Crippen molar-refractivity contribution < 1.29 is 14.5 Å². The number of rotatable bonds is 7. The van der Waals surface area contributed by atoms with Gasteiger partial charge >= 0.3 is 0 Å². The Kier molecular flexibility index (Phi) is 6.32. The number of carbonyl (C=O) groups is 1. The number of nitrogens with one attached hydrogen (secondary N) is 1. The summed E-state index contributed by atoms with van der Waals surface area (Å²) >= 11 is 0. The van der Waals surface area contributed by atoms with E-state index in [2.05, 4.69) is 10.5 Å². The summed E-state index contributed by atoms with van der Waals surface area (Å²) in [6.45, 7) is 1.52. The Labute approximate surface area is 167 Å². The van der Waals surface area contributed by atoms with Crippen molar-refractivity contribution in [2.45, 2.75) is 6.92 Å². The summed E-state index contributed by atoms with van der Waals surface area (Å²) in [7, 11) is 0. The van der Waals surface area contributed by atoms with Crippen LogP contribution in [-0.4, -0.2) is 23.1 Å². The quantitative estimate of drug-likeness (QED) is 0.373. The third-order valence-electron chi connectivity index (χ3n) is 4.18. The van der Waals surface area contributed by atoms with Crippen LogP contribution in [0.5, 0.6) is 5.75 Å². The predicted octanol–water partition coefficient (Wildman–Crippen LogP) is 4.18. The van der Waals surface area contributed by atoms with E-state index in [-0.39, 0.29) is 12.3 Å². The smallest absolute Gasteiger partial charge is 0.277 e. The summed E-state index contributed by atoms with van der Waals surface area (Å²) < 4.78 is 5.48. The lowest BCUT2D eigenvalue weighted by Gasteiger charge is -2.07. The Balaban J connectivity index is 1.51. The maximum Gasteiger partial charge on any atom is 0.277 e. The monoisotopic (exact) mass is 389 g/mol. The zero-order chi connectivity index (χ0) is 20.6. The number of non-ortho nitro benzene ring substituents is 1. The van der Waals surface area contributed by atoms with Gasteiger partial charge in [-0.2, -0.15) is 5.10 Å². The van der Waals surface area contributed by atoms with Crippen LogP contribution in [0.2, 0.25) is 0 Å². The normalized spacial score (nSPS) is 11.0. The van der Waals surface area contributed by atoms with Gasteiger partial charge in [0.2, 0.25) is 0 Å². The van der Waals surface area contributed by atoms with Crippen LogP contribution in [0.1, 0.15) is 12.5 Å². The van der Waals surface area contributed by atoms with Crippen LogP contribution in [0.15, 0.2) is 84.0 Å². The van der Waals surface area contributed by atoms with Crippen molar-refractivity contribution in [2.24, 2.45) is 5.10 Å². The van der Waals surface area contributed by atoms with Gasteiger partial charge < -0.3 is 4.74 Å². The van der Waals surface area contributed by atoms with Crippen molar-refractivity contribution in [3.8, 4) is 16.9 Å².